The SMILES string of the molecule is CCCCN(C)P1c2ccccc2C[C@@H]1c1ccccc1. The Labute approximate surface area is 129 Å². The summed E-state index contributed by atoms with van der Waals surface area (Å²) in [6.07, 6.45) is 3.76. The lowest BCUT2D eigenvalue weighted by atomic mass is 10.0. The van der Waals surface area contributed by atoms with Gasteiger partial charge in [-0.15, -0.1) is 0 Å². The van der Waals surface area contributed by atoms with Crippen molar-refractivity contribution < 1.29 is 0 Å². The Bertz CT molecular complexity index is 581. The molecule has 2 aromatic carbocycles. The molecule has 2 aromatic rings. The summed E-state index contributed by atoms with van der Waals surface area (Å²) in [6.45, 7) is 3.48. The summed E-state index contributed by atoms with van der Waals surface area (Å²) in [5, 5.41) is 1.60. The van der Waals surface area contributed by atoms with Gasteiger partial charge in [-0.2, -0.15) is 0 Å². The van der Waals surface area contributed by atoms with Gasteiger partial charge in [-0.25, -0.2) is 0 Å². The lowest BCUT2D eigenvalue weighted by Gasteiger charge is -2.31. The van der Waals surface area contributed by atoms with Gasteiger partial charge in [0.2, 0.25) is 0 Å². The van der Waals surface area contributed by atoms with Crippen molar-refractivity contribution in [1.29, 1.82) is 0 Å². The number of rotatable bonds is 5. The normalized spacial score (nSPS) is 20.7. The van der Waals surface area contributed by atoms with E-state index in [-0.39, 0.29) is 8.07 Å². The van der Waals surface area contributed by atoms with Gasteiger partial charge in [-0.1, -0.05) is 67.9 Å². The van der Waals surface area contributed by atoms with E-state index in [9.17, 15) is 0 Å². The molecule has 0 bridgehead atoms. The van der Waals surface area contributed by atoms with E-state index < -0.39 is 0 Å². The van der Waals surface area contributed by atoms with Crippen molar-refractivity contribution in [2.24, 2.45) is 0 Å². The first-order valence-electron chi connectivity index (χ1n) is 7.94. The van der Waals surface area contributed by atoms with Crippen LogP contribution < -0.4 is 5.30 Å². The first kappa shape index (κ1) is 14.8. The number of fused-ring (bicyclic) bond motifs is 1. The Morgan fingerprint density at radius 3 is 2.52 bits per heavy atom. The van der Waals surface area contributed by atoms with Gasteiger partial charge in [-0.3, -0.25) is 4.67 Å². The van der Waals surface area contributed by atoms with Crippen LogP contribution in [0.2, 0.25) is 0 Å². The maximum absolute atomic E-state index is 2.63. The predicted molar refractivity (Wildman–Crippen MR) is 93.4 cm³/mol. The molecule has 1 heterocycles. The van der Waals surface area contributed by atoms with Gasteiger partial charge in [0.1, 0.15) is 0 Å². The smallest absolute Gasteiger partial charge is 0.0256 e. The van der Waals surface area contributed by atoms with Gasteiger partial charge in [0.25, 0.3) is 0 Å². The highest BCUT2D eigenvalue weighted by atomic mass is 31.1. The average molecular weight is 297 g/mol. The van der Waals surface area contributed by atoms with E-state index in [0.717, 1.165) is 0 Å². The first-order chi connectivity index (χ1) is 10.3. The van der Waals surface area contributed by atoms with Crippen molar-refractivity contribution in [3.8, 4) is 0 Å². The third kappa shape index (κ3) is 3.05. The van der Waals surface area contributed by atoms with E-state index in [1.54, 1.807) is 10.9 Å². The monoisotopic (exact) mass is 297 g/mol. The molecule has 0 amide bonds. The highest BCUT2D eigenvalue weighted by Crippen LogP contribution is 2.58. The van der Waals surface area contributed by atoms with Gasteiger partial charge in [0, 0.05) is 20.3 Å². The lowest BCUT2D eigenvalue weighted by Crippen LogP contribution is -2.20. The van der Waals surface area contributed by atoms with Crippen LogP contribution in [-0.2, 0) is 6.42 Å². The molecule has 1 aliphatic rings. The van der Waals surface area contributed by atoms with Crippen molar-refractivity contribution in [3.05, 3.63) is 65.7 Å². The minimum atomic E-state index is -0.240. The molecular formula is C19H24NP. The zero-order chi connectivity index (χ0) is 14.7. The summed E-state index contributed by atoms with van der Waals surface area (Å²) in [5.41, 5.74) is 3.71. The fraction of sp³-hybridized carbons (Fsp3) is 0.368. The summed E-state index contributed by atoms with van der Waals surface area (Å²) in [7, 11) is 2.08. The molecule has 0 saturated carbocycles. The van der Waals surface area contributed by atoms with Crippen molar-refractivity contribution in [2.75, 3.05) is 13.6 Å². The third-order valence-corrected chi connectivity index (χ3v) is 7.27. The quantitative estimate of drug-likeness (QED) is 0.721. The average Bonchev–Trinajstić information content (AvgIpc) is 2.93. The van der Waals surface area contributed by atoms with Crippen LogP contribution in [0.15, 0.2) is 54.6 Å². The fourth-order valence-electron chi connectivity index (χ4n) is 3.22. The molecule has 21 heavy (non-hydrogen) atoms. The molecule has 110 valence electrons. The van der Waals surface area contributed by atoms with Crippen LogP contribution in [0.5, 0.6) is 0 Å². The largest absolute Gasteiger partial charge is 0.281 e. The highest BCUT2D eigenvalue weighted by molar-refractivity contribution is 7.64. The second-order valence-electron chi connectivity index (χ2n) is 5.84. The van der Waals surface area contributed by atoms with Gasteiger partial charge < -0.3 is 0 Å². The topological polar surface area (TPSA) is 3.24 Å². The standard InChI is InChI=1S/C19H24NP/c1-3-4-14-20(2)21-18-13-9-8-12-17(18)15-19(21)16-10-6-5-7-11-16/h5-13,19H,3-4,14-15H2,1-2H3/t19-,21?/m1/s1. The van der Waals surface area contributed by atoms with Crippen LogP contribution in [0.3, 0.4) is 0 Å². The molecule has 0 radical (unpaired) electrons. The Balaban J connectivity index is 1.93. The maximum Gasteiger partial charge on any atom is 0.0256 e. The molecule has 0 saturated heterocycles. The summed E-state index contributed by atoms with van der Waals surface area (Å²) in [6, 6.07) is 20.2. The molecule has 0 N–H and O–H groups in total. The van der Waals surface area contributed by atoms with Gasteiger partial charge in [0.15, 0.2) is 0 Å². The molecule has 2 atom stereocenters. The van der Waals surface area contributed by atoms with Crippen LogP contribution in [0.25, 0.3) is 0 Å². The molecule has 1 nitrogen and oxygen atoms in total. The predicted octanol–water partition coefficient (Wildman–Crippen LogP) is 4.74. The van der Waals surface area contributed by atoms with Gasteiger partial charge >= 0.3 is 0 Å². The Morgan fingerprint density at radius 1 is 1.05 bits per heavy atom. The van der Waals surface area contributed by atoms with Crippen molar-refractivity contribution in [3.63, 3.8) is 0 Å². The number of benzene rings is 2. The van der Waals surface area contributed by atoms with Crippen molar-refractivity contribution in [1.82, 2.24) is 4.67 Å². The Morgan fingerprint density at radius 2 is 1.76 bits per heavy atom. The van der Waals surface area contributed by atoms with E-state index in [1.165, 1.54) is 31.4 Å². The number of nitrogens with zero attached hydrogens (tertiary/aromatic N) is 1. The van der Waals surface area contributed by atoms with E-state index in [1.807, 2.05) is 0 Å². The zero-order valence-electron chi connectivity index (χ0n) is 13.0. The Hall–Kier alpha value is -1.17. The first-order valence-corrected chi connectivity index (χ1v) is 9.30. The molecule has 0 fully saturated rings. The van der Waals surface area contributed by atoms with E-state index in [2.05, 4.69) is 73.2 Å². The Kier molecular flexibility index (Phi) is 4.73. The van der Waals surface area contributed by atoms with Crippen LogP contribution in [-0.4, -0.2) is 18.3 Å². The lowest BCUT2D eigenvalue weighted by molar-refractivity contribution is 0.520. The minimum Gasteiger partial charge on any atom is -0.281 e. The molecular weight excluding hydrogens is 273 g/mol. The number of hydrogen-bond donors (Lipinski definition) is 0. The van der Waals surface area contributed by atoms with E-state index >= 15 is 0 Å². The second-order valence-corrected chi connectivity index (χ2v) is 8.32. The number of hydrogen-bond acceptors (Lipinski definition) is 1. The third-order valence-electron chi connectivity index (χ3n) is 4.33. The molecule has 0 aromatic heterocycles. The van der Waals surface area contributed by atoms with Gasteiger partial charge in [-0.05, 0) is 36.3 Å². The van der Waals surface area contributed by atoms with Crippen LogP contribution in [0, 0.1) is 0 Å². The molecule has 0 aliphatic carbocycles. The summed E-state index contributed by atoms with van der Waals surface area (Å²) >= 11 is 0. The summed E-state index contributed by atoms with van der Waals surface area (Å²) in [5.74, 6) is 0. The van der Waals surface area contributed by atoms with Crippen molar-refractivity contribution >= 4 is 13.4 Å². The van der Waals surface area contributed by atoms with E-state index in [4.69, 9.17) is 0 Å². The molecule has 3 rings (SSSR count). The molecule has 1 aliphatic heterocycles. The highest BCUT2D eigenvalue weighted by Gasteiger charge is 2.35. The van der Waals surface area contributed by atoms with Crippen LogP contribution in [0.4, 0.5) is 0 Å². The molecule has 2 heteroatoms. The molecule has 1 unspecified atom stereocenters. The fourth-order valence-corrected chi connectivity index (χ4v) is 6.28. The maximum atomic E-state index is 2.63. The zero-order valence-corrected chi connectivity index (χ0v) is 13.9. The van der Waals surface area contributed by atoms with Crippen LogP contribution >= 0.6 is 8.07 Å². The summed E-state index contributed by atoms with van der Waals surface area (Å²) < 4.78 is 2.63. The van der Waals surface area contributed by atoms with Gasteiger partial charge in [0.05, 0.1) is 0 Å². The number of unbranched alkanes of at least 4 members (excludes halogenated alkanes) is 1. The van der Waals surface area contributed by atoms with E-state index in [0.29, 0.717) is 5.66 Å². The van der Waals surface area contributed by atoms with Crippen LogP contribution in [0.1, 0.15) is 36.6 Å². The van der Waals surface area contributed by atoms with Crippen molar-refractivity contribution in [2.45, 2.75) is 31.8 Å². The summed E-state index contributed by atoms with van der Waals surface area (Å²) in [4.78, 5) is 0. The minimum absolute atomic E-state index is 0.240. The molecule has 0 spiro atoms. The second kappa shape index (κ2) is 6.73.